The van der Waals surface area contributed by atoms with Crippen LogP contribution in [0.5, 0.6) is 0 Å². The van der Waals surface area contributed by atoms with Gasteiger partial charge in [0, 0.05) is 10.3 Å². The van der Waals surface area contributed by atoms with Crippen molar-refractivity contribution in [1.82, 2.24) is 0 Å². The number of hydrogen-bond acceptors (Lipinski definition) is 2. The lowest BCUT2D eigenvalue weighted by atomic mass is 9.64. The van der Waals surface area contributed by atoms with Gasteiger partial charge in [-0.25, -0.2) is 0 Å². The van der Waals surface area contributed by atoms with Gasteiger partial charge in [0.1, 0.15) is 0 Å². The van der Waals surface area contributed by atoms with E-state index in [0.717, 1.165) is 34.2 Å². The number of rotatable bonds is 6. The number of allylic oxidation sites excluding steroid dienone is 2. The fraction of sp³-hybridized carbons (Fsp3) is 0.179. The van der Waals surface area contributed by atoms with Crippen LogP contribution in [-0.4, -0.2) is 17.3 Å². The third-order valence-corrected chi connectivity index (χ3v) is 7.37. The molecule has 3 aromatic carbocycles. The van der Waals surface area contributed by atoms with Crippen molar-refractivity contribution in [2.75, 3.05) is 6.26 Å². The monoisotopic (exact) mass is 424 g/mol. The lowest BCUT2D eigenvalue weighted by Gasteiger charge is -2.37. The summed E-state index contributed by atoms with van der Waals surface area (Å²) in [5.74, 6) is -1.43. The van der Waals surface area contributed by atoms with Gasteiger partial charge in [-0.3, -0.25) is 4.79 Å². The van der Waals surface area contributed by atoms with Crippen LogP contribution in [0.4, 0.5) is 0 Å². The molecule has 0 saturated heterocycles. The summed E-state index contributed by atoms with van der Waals surface area (Å²) in [6, 6.07) is 24.9. The van der Waals surface area contributed by atoms with E-state index >= 15 is 0 Å². The molecule has 2 aliphatic carbocycles. The van der Waals surface area contributed by atoms with E-state index in [1.165, 1.54) is 10.5 Å². The first-order valence-electron chi connectivity index (χ1n) is 10.6. The molecular weight excluding hydrogens is 400 g/mol. The van der Waals surface area contributed by atoms with Gasteiger partial charge < -0.3 is 5.11 Å². The number of carbonyl (C=O) groups is 1. The van der Waals surface area contributed by atoms with Crippen LogP contribution in [0.1, 0.15) is 27.8 Å². The summed E-state index contributed by atoms with van der Waals surface area (Å²) in [6.45, 7) is 0. The predicted octanol–water partition coefficient (Wildman–Crippen LogP) is 6.26. The lowest BCUT2D eigenvalue weighted by molar-refractivity contribution is -0.141. The molecule has 2 atom stereocenters. The van der Waals surface area contributed by atoms with E-state index in [4.69, 9.17) is 0 Å². The molecule has 3 heteroatoms. The molecular formula is C28H24O2S. The number of carboxylic acids is 1. The van der Waals surface area contributed by atoms with Gasteiger partial charge in [0.15, 0.2) is 0 Å². The molecule has 0 radical (unpaired) electrons. The Morgan fingerprint density at radius 3 is 2.55 bits per heavy atom. The van der Waals surface area contributed by atoms with Gasteiger partial charge in [-0.2, -0.15) is 0 Å². The Kier molecular flexibility index (Phi) is 5.07. The average Bonchev–Trinajstić information content (AvgIpc) is 3.37. The van der Waals surface area contributed by atoms with Crippen LogP contribution in [0, 0.1) is 5.92 Å². The third-order valence-electron chi connectivity index (χ3n) is 6.62. The summed E-state index contributed by atoms with van der Waals surface area (Å²) in [4.78, 5) is 14.1. The van der Waals surface area contributed by atoms with Crippen molar-refractivity contribution < 1.29 is 9.90 Å². The summed E-state index contributed by atoms with van der Waals surface area (Å²) in [5, 5.41) is 10.6. The van der Waals surface area contributed by atoms with Crippen molar-refractivity contribution in [3.63, 3.8) is 0 Å². The first-order chi connectivity index (χ1) is 15.1. The maximum Gasteiger partial charge on any atom is 0.312 e. The Labute approximate surface area is 187 Å². The number of thioether (sulfide) groups is 1. The van der Waals surface area contributed by atoms with E-state index in [1.807, 2.05) is 24.3 Å². The molecule has 0 aromatic heterocycles. The summed E-state index contributed by atoms with van der Waals surface area (Å²) in [6.07, 6.45) is 9.86. The molecule has 154 valence electrons. The van der Waals surface area contributed by atoms with Crippen molar-refractivity contribution in [1.29, 1.82) is 0 Å². The molecule has 0 fully saturated rings. The highest BCUT2D eigenvalue weighted by atomic mass is 32.2. The van der Waals surface area contributed by atoms with Gasteiger partial charge in [0.2, 0.25) is 0 Å². The molecule has 5 rings (SSSR count). The van der Waals surface area contributed by atoms with Gasteiger partial charge in [-0.05, 0) is 64.6 Å². The Morgan fingerprint density at radius 2 is 1.77 bits per heavy atom. The van der Waals surface area contributed by atoms with E-state index in [-0.39, 0.29) is 0 Å². The van der Waals surface area contributed by atoms with E-state index in [0.29, 0.717) is 6.42 Å². The minimum atomic E-state index is -0.773. The fourth-order valence-electron chi connectivity index (χ4n) is 5.20. The topological polar surface area (TPSA) is 37.3 Å². The van der Waals surface area contributed by atoms with Crippen LogP contribution in [0.2, 0.25) is 0 Å². The number of carboxylic acid groups (broad SMARTS) is 1. The highest BCUT2D eigenvalue weighted by molar-refractivity contribution is 7.98. The number of hydrogen-bond donors (Lipinski definition) is 1. The number of fused-ring (bicyclic) bond motifs is 2. The quantitative estimate of drug-likeness (QED) is 0.475. The Balaban J connectivity index is 1.67. The van der Waals surface area contributed by atoms with Crippen LogP contribution >= 0.6 is 11.8 Å². The third kappa shape index (κ3) is 3.34. The normalized spacial score (nSPS) is 19.6. The summed E-state index contributed by atoms with van der Waals surface area (Å²) in [5.41, 5.74) is 5.95. The van der Waals surface area contributed by atoms with Crippen molar-refractivity contribution in [3.05, 3.63) is 113 Å². The molecule has 0 saturated carbocycles. The zero-order valence-electron chi connectivity index (χ0n) is 17.4. The molecule has 2 unspecified atom stereocenters. The first-order valence-corrected chi connectivity index (χ1v) is 11.8. The minimum Gasteiger partial charge on any atom is -0.481 e. The molecule has 2 aliphatic rings. The van der Waals surface area contributed by atoms with E-state index < -0.39 is 17.3 Å². The summed E-state index contributed by atoms with van der Waals surface area (Å²) >= 11 is 1.71. The Bertz CT molecular complexity index is 1210. The minimum absolute atomic E-state index is 0.632. The second-order valence-electron chi connectivity index (χ2n) is 8.28. The van der Waals surface area contributed by atoms with Crippen LogP contribution in [0.25, 0.3) is 11.6 Å². The van der Waals surface area contributed by atoms with Gasteiger partial charge in [0.25, 0.3) is 0 Å². The Morgan fingerprint density at radius 1 is 1.03 bits per heavy atom. The highest BCUT2D eigenvalue weighted by Crippen LogP contribution is 2.50. The molecule has 0 bridgehead atoms. The van der Waals surface area contributed by atoms with E-state index in [2.05, 4.69) is 73.0 Å². The molecule has 3 aromatic rings. The molecule has 31 heavy (non-hydrogen) atoms. The lowest BCUT2D eigenvalue weighted by Crippen LogP contribution is -2.40. The maximum atomic E-state index is 12.9. The van der Waals surface area contributed by atoms with Crippen molar-refractivity contribution >= 4 is 29.4 Å². The van der Waals surface area contributed by atoms with Crippen molar-refractivity contribution in [3.8, 4) is 0 Å². The molecule has 0 heterocycles. The maximum absolute atomic E-state index is 12.9. The largest absolute Gasteiger partial charge is 0.481 e. The number of aliphatic carboxylic acids is 1. The van der Waals surface area contributed by atoms with Gasteiger partial charge in [-0.1, -0.05) is 78.9 Å². The van der Waals surface area contributed by atoms with Crippen molar-refractivity contribution in [2.45, 2.75) is 23.2 Å². The predicted molar refractivity (Wildman–Crippen MR) is 128 cm³/mol. The summed E-state index contributed by atoms with van der Waals surface area (Å²) in [7, 11) is 0. The standard InChI is InChI=1S/C28H24O2S/c1-31-22-13-10-19(11-14-22)18-28(17-16-21-7-3-5-9-25(21)28)26(27(29)30)24-15-12-20-6-2-4-8-23(20)24/h2-11,13-17,26H,12,18H2,1H3,(H,29,30). The SMILES string of the molecule is CSc1ccc(CC2(C(C(=O)O)C3=CCc4ccccc43)C=Cc3ccccc32)cc1. The van der Waals surface area contributed by atoms with Crippen LogP contribution < -0.4 is 0 Å². The zero-order valence-corrected chi connectivity index (χ0v) is 18.2. The van der Waals surface area contributed by atoms with Crippen LogP contribution in [0.15, 0.2) is 89.8 Å². The Hall–Kier alpha value is -3.04. The van der Waals surface area contributed by atoms with Gasteiger partial charge >= 0.3 is 5.97 Å². The van der Waals surface area contributed by atoms with Crippen LogP contribution in [-0.2, 0) is 23.1 Å². The smallest absolute Gasteiger partial charge is 0.312 e. The second kappa shape index (κ2) is 7.90. The first kappa shape index (κ1) is 19.9. The fourth-order valence-corrected chi connectivity index (χ4v) is 5.61. The second-order valence-corrected chi connectivity index (χ2v) is 9.16. The van der Waals surface area contributed by atoms with Gasteiger partial charge in [0.05, 0.1) is 5.92 Å². The molecule has 0 amide bonds. The van der Waals surface area contributed by atoms with Crippen LogP contribution in [0.3, 0.4) is 0 Å². The van der Waals surface area contributed by atoms with Crippen molar-refractivity contribution in [2.24, 2.45) is 5.92 Å². The molecule has 1 N–H and O–H groups in total. The highest BCUT2D eigenvalue weighted by Gasteiger charge is 2.48. The molecule has 0 spiro atoms. The van der Waals surface area contributed by atoms with Gasteiger partial charge in [-0.15, -0.1) is 11.8 Å². The zero-order chi connectivity index (χ0) is 21.4. The average molecular weight is 425 g/mol. The summed E-state index contributed by atoms with van der Waals surface area (Å²) < 4.78 is 0. The van der Waals surface area contributed by atoms with E-state index in [9.17, 15) is 9.90 Å². The number of benzene rings is 3. The molecule has 0 aliphatic heterocycles. The van der Waals surface area contributed by atoms with E-state index in [1.54, 1.807) is 11.8 Å². The molecule has 2 nitrogen and oxygen atoms in total.